The molecule has 0 saturated carbocycles. The number of ether oxygens (including phenoxy) is 2. The number of hydrogen-bond acceptors (Lipinski definition) is 4. The molecule has 0 aromatic heterocycles. The van der Waals surface area contributed by atoms with E-state index in [4.69, 9.17) is 9.47 Å². The Bertz CT molecular complexity index is 502. The van der Waals surface area contributed by atoms with Crippen LogP contribution in [-0.2, 0) is 19.5 Å². The topological polar surface area (TPSA) is 55.8 Å². The van der Waals surface area contributed by atoms with E-state index in [1.165, 1.54) is 11.4 Å². The zero-order chi connectivity index (χ0) is 13.2. The smallest absolute Gasteiger partial charge is 0.243 e. The average Bonchev–Trinajstić information content (AvgIpc) is 2.39. The number of rotatable bonds is 3. The summed E-state index contributed by atoms with van der Waals surface area (Å²) >= 11 is 3.28. The lowest BCUT2D eigenvalue weighted by Gasteiger charge is -2.31. The molecule has 1 aliphatic heterocycles. The van der Waals surface area contributed by atoms with Crippen molar-refractivity contribution in [1.29, 1.82) is 0 Å². The number of hydrogen-bond donors (Lipinski definition) is 0. The van der Waals surface area contributed by atoms with Crippen LogP contribution in [0.25, 0.3) is 0 Å². The van der Waals surface area contributed by atoms with Crippen molar-refractivity contribution in [3.05, 3.63) is 28.7 Å². The van der Waals surface area contributed by atoms with E-state index in [1.54, 1.807) is 24.3 Å². The fourth-order valence-corrected chi connectivity index (χ4v) is 3.39. The number of sulfonamides is 1. The highest BCUT2D eigenvalue weighted by Gasteiger charge is 2.30. The maximum atomic E-state index is 12.4. The molecule has 1 saturated heterocycles. The predicted molar refractivity (Wildman–Crippen MR) is 69.6 cm³/mol. The molecule has 0 aliphatic carbocycles. The molecule has 1 aromatic rings. The van der Waals surface area contributed by atoms with Gasteiger partial charge in [-0.05, 0) is 24.3 Å². The fourth-order valence-electron chi connectivity index (χ4n) is 1.71. The van der Waals surface area contributed by atoms with Crippen LogP contribution in [0.5, 0.6) is 0 Å². The lowest BCUT2D eigenvalue weighted by Crippen LogP contribution is -2.46. The van der Waals surface area contributed by atoms with E-state index in [2.05, 4.69) is 15.9 Å². The minimum absolute atomic E-state index is 0.217. The molecule has 0 N–H and O–H groups in total. The Morgan fingerprint density at radius 2 is 2.06 bits per heavy atom. The molecule has 1 heterocycles. The van der Waals surface area contributed by atoms with Gasteiger partial charge in [0.1, 0.15) is 0 Å². The Kier molecular flexibility index (Phi) is 4.39. The van der Waals surface area contributed by atoms with Crippen molar-refractivity contribution in [2.24, 2.45) is 0 Å². The Morgan fingerprint density at radius 3 is 2.67 bits per heavy atom. The van der Waals surface area contributed by atoms with Crippen LogP contribution in [0, 0.1) is 0 Å². The predicted octanol–water partition coefficient (Wildman–Crippen LogP) is 1.44. The van der Waals surface area contributed by atoms with Gasteiger partial charge in [0.05, 0.1) is 18.0 Å². The van der Waals surface area contributed by atoms with Gasteiger partial charge in [0.15, 0.2) is 6.29 Å². The largest absolute Gasteiger partial charge is 0.354 e. The molecule has 0 unspecified atom stereocenters. The zero-order valence-corrected chi connectivity index (χ0v) is 12.3. The molecule has 0 radical (unpaired) electrons. The van der Waals surface area contributed by atoms with Gasteiger partial charge in [-0.2, -0.15) is 4.31 Å². The van der Waals surface area contributed by atoms with E-state index in [0.29, 0.717) is 13.2 Å². The number of benzene rings is 1. The van der Waals surface area contributed by atoms with Crippen molar-refractivity contribution in [2.75, 3.05) is 26.8 Å². The highest BCUT2D eigenvalue weighted by Crippen LogP contribution is 2.20. The molecule has 1 atom stereocenters. The normalized spacial score (nSPS) is 22.0. The van der Waals surface area contributed by atoms with Gasteiger partial charge in [0, 0.05) is 18.1 Å². The molecule has 0 amide bonds. The van der Waals surface area contributed by atoms with Crippen molar-refractivity contribution in [3.8, 4) is 0 Å². The minimum atomic E-state index is -3.47. The van der Waals surface area contributed by atoms with E-state index in [9.17, 15) is 8.42 Å². The van der Waals surface area contributed by atoms with Crippen molar-refractivity contribution in [1.82, 2.24) is 4.31 Å². The minimum Gasteiger partial charge on any atom is -0.354 e. The molecule has 2 rings (SSSR count). The third kappa shape index (κ3) is 2.92. The second-order valence-electron chi connectivity index (χ2n) is 3.85. The number of halogens is 1. The molecule has 100 valence electrons. The van der Waals surface area contributed by atoms with Gasteiger partial charge in [-0.25, -0.2) is 8.42 Å². The Hall–Kier alpha value is -0.470. The van der Waals surface area contributed by atoms with Gasteiger partial charge in [-0.15, -0.1) is 0 Å². The maximum absolute atomic E-state index is 12.4. The van der Waals surface area contributed by atoms with Gasteiger partial charge in [-0.1, -0.05) is 15.9 Å². The summed E-state index contributed by atoms with van der Waals surface area (Å²) in [5.74, 6) is 0. The maximum Gasteiger partial charge on any atom is 0.243 e. The van der Waals surface area contributed by atoms with Crippen LogP contribution in [-0.4, -0.2) is 45.8 Å². The third-order valence-electron chi connectivity index (χ3n) is 2.71. The van der Waals surface area contributed by atoms with Gasteiger partial charge in [0.25, 0.3) is 0 Å². The van der Waals surface area contributed by atoms with E-state index < -0.39 is 16.3 Å². The van der Waals surface area contributed by atoms with Crippen LogP contribution < -0.4 is 0 Å². The van der Waals surface area contributed by atoms with Crippen molar-refractivity contribution in [2.45, 2.75) is 11.2 Å². The highest BCUT2D eigenvalue weighted by atomic mass is 79.9. The first kappa shape index (κ1) is 14.0. The van der Waals surface area contributed by atoms with Gasteiger partial charge < -0.3 is 9.47 Å². The van der Waals surface area contributed by atoms with Gasteiger partial charge in [-0.3, -0.25) is 0 Å². The summed E-state index contributed by atoms with van der Waals surface area (Å²) in [6, 6.07) is 6.58. The molecule has 18 heavy (non-hydrogen) atoms. The van der Waals surface area contributed by atoms with Crippen LogP contribution in [0.4, 0.5) is 0 Å². The van der Waals surface area contributed by atoms with E-state index in [1.807, 2.05) is 0 Å². The monoisotopic (exact) mass is 335 g/mol. The van der Waals surface area contributed by atoms with Crippen molar-refractivity contribution < 1.29 is 17.9 Å². The van der Waals surface area contributed by atoms with Crippen LogP contribution in [0.3, 0.4) is 0 Å². The summed E-state index contributed by atoms with van der Waals surface area (Å²) < 4.78 is 37.3. The molecule has 0 bridgehead atoms. The molecule has 1 fully saturated rings. The van der Waals surface area contributed by atoms with E-state index in [0.717, 1.165) is 4.47 Å². The lowest BCUT2D eigenvalue weighted by molar-refractivity contribution is -0.151. The van der Waals surface area contributed by atoms with Crippen LogP contribution in [0.1, 0.15) is 0 Å². The van der Waals surface area contributed by atoms with Crippen LogP contribution >= 0.6 is 15.9 Å². The van der Waals surface area contributed by atoms with Crippen molar-refractivity contribution >= 4 is 26.0 Å². The third-order valence-corrected chi connectivity index (χ3v) is 5.12. The van der Waals surface area contributed by atoms with Crippen molar-refractivity contribution in [3.63, 3.8) is 0 Å². The van der Waals surface area contributed by atoms with Gasteiger partial charge >= 0.3 is 0 Å². The summed E-state index contributed by atoms with van der Waals surface area (Å²) in [4.78, 5) is 0.280. The number of morpholine rings is 1. The second-order valence-corrected chi connectivity index (χ2v) is 6.71. The van der Waals surface area contributed by atoms with Crippen LogP contribution in [0.15, 0.2) is 33.6 Å². The molecule has 0 spiro atoms. The lowest BCUT2D eigenvalue weighted by atomic mass is 10.4. The summed E-state index contributed by atoms with van der Waals surface area (Å²) in [7, 11) is -1.97. The first-order valence-electron chi connectivity index (χ1n) is 5.44. The molecule has 1 aliphatic rings. The average molecular weight is 336 g/mol. The van der Waals surface area contributed by atoms with E-state index >= 15 is 0 Å². The first-order chi connectivity index (χ1) is 8.54. The van der Waals surface area contributed by atoms with Crippen LogP contribution in [0.2, 0.25) is 0 Å². The molecular formula is C11H14BrNO4S. The Morgan fingerprint density at radius 1 is 1.39 bits per heavy atom. The SMILES string of the molecule is CO[C@@H]1CN(S(=O)(=O)c2ccc(Br)cc2)CCO1. The Balaban J connectivity index is 2.22. The zero-order valence-electron chi connectivity index (χ0n) is 9.87. The molecule has 1 aromatic carbocycles. The standard InChI is InChI=1S/C11H14BrNO4S/c1-16-11-8-13(6-7-17-11)18(14,15)10-4-2-9(12)3-5-10/h2-5,11H,6-8H2,1H3/t11-/m0/s1. The van der Waals surface area contributed by atoms with Gasteiger partial charge in [0.2, 0.25) is 10.0 Å². The fraction of sp³-hybridized carbons (Fsp3) is 0.455. The summed E-state index contributed by atoms with van der Waals surface area (Å²) in [5.41, 5.74) is 0. The van der Waals surface area contributed by atoms with E-state index in [-0.39, 0.29) is 11.4 Å². The Labute approximate surface area is 115 Å². The summed E-state index contributed by atoms with van der Waals surface area (Å²) in [5, 5.41) is 0. The quantitative estimate of drug-likeness (QED) is 0.838. The highest BCUT2D eigenvalue weighted by molar-refractivity contribution is 9.10. The molecule has 7 heteroatoms. The number of nitrogens with zero attached hydrogens (tertiary/aromatic N) is 1. The second kappa shape index (κ2) is 5.66. The first-order valence-corrected chi connectivity index (χ1v) is 7.67. The summed E-state index contributed by atoms with van der Waals surface area (Å²) in [6.07, 6.45) is -0.496. The summed E-state index contributed by atoms with van der Waals surface area (Å²) in [6.45, 7) is 0.904. The molecular weight excluding hydrogens is 322 g/mol. The molecule has 5 nitrogen and oxygen atoms in total. The number of methoxy groups -OCH3 is 1.